The van der Waals surface area contributed by atoms with Crippen LogP contribution in [0.5, 0.6) is 5.75 Å². The van der Waals surface area contributed by atoms with Gasteiger partial charge in [0.15, 0.2) is 6.61 Å². The van der Waals surface area contributed by atoms with E-state index in [-0.39, 0.29) is 12.5 Å². The van der Waals surface area contributed by atoms with Crippen molar-refractivity contribution in [3.63, 3.8) is 0 Å². The number of nitrogens with one attached hydrogen (secondary N) is 2. The van der Waals surface area contributed by atoms with Crippen molar-refractivity contribution in [3.05, 3.63) is 48.0 Å². The van der Waals surface area contributed by atoms with Crippen LogP contribution in [0.3, 0.4) is 0 Å². The summed E-state index contributed by atoms with van der Waals surface area (Å²) in [6.07, 6.45) is 4.14. The zero-order valence-electron chi connectivity index (χ0n) is 10.8. The second kappa shape index (κ2) is 6.58. The van der Waals surface area contributed by atoms with E-state index in [1.54, 1.807) is 12.4 Å². The summed E-state index contributed by atoms with van der Waals surface area (Å²) in [6.45, 7) is 2.58. The number of aryl methyl sites for hydroxylation is 1. The SMILES string of the molecule is Cc1ccc(OCC(=O)NCCc2ncc[nH]2)cc1. The first kappa shape index (κ1) is 13.1. The molecule has 2 N–H and O–H groups in total. The molecule has 0 bridgehead atoms. The number of ether oxygens (including phenoxy) is 1. The quantitative estimate of drug-likeness (QED) is 0.825. The molecule has 19 heavy (non-hydrogen) atoms. The van der Waals surface area contributed by atoms with E-state index in [1.807, 2.05) is 31.2 Å². The highest BCUT2D eigenvalue weighted by Gasteiger charge is 2.02. The Kier molecular flexibility index (Phi) is 4.55. The molecule has 0 saturated carbocycles. The van der Waals surface area contributed by atoms with Crippen molar-refractivity contribution in [2.75, 3.05) is 13.2 Å². The smallest absolute Gasteiger partial charge is 0.257 e. The van der Waals surface area contributed by atoms with Gasteiger partial charge < -0.3 is 15.0 Å². The number of H-pyrrole nitrogens is 1. The highest BCUT2D eigenvalue weighted by molar-refractivity contribution is 5.77. The molecule has 0 aliphatic carbocycles. The number of aromatic amines is 1. The molecule has 0 aliphatic heterocycles. The molecule has 0 radical (unpaired) electrons. The molecule has 2 aromatic rings. The predicted octanol–water partition coefficient (Wildman–Crippen LogP) is 1.46. The van der Waals surface area contributed by atoms with Crippen LogP contribution < -0.4 is 10.1 Å². The van der Waals surface area contributed by atoms with Crippen LogP contribution in [0.25, 0.3) is 0 Å². The highest BCUT2D eigenvalue weighted by atomic mass is 16.5. The third-order valence-corrected chi connectivity index (χ3v) is 2.63. The van der Waals surface area contributed by atoms with Gasteiger partial charge in [0.1, 0.15) is 11.6 Å². The molecule has 0 unspecified atom stereocenters. The van der Waals surface area contributed by atoms with Gasteiger partial charge in [0.05, 0.1) is 0 Å². The third kappa shape index (κ3) is 4.46. The molecule has 5 heteroatoms. The summed E-state index contributed by atoms with van der Waals surface area (Å²) in [4.78, 5) is 18.6. The van der Waals surface area contributed by atoms with E-state index in [0.29, 0.717) is 18.7 Å². The fraction of sp³-hybridized carbons (Fsp3) is 0.286. The number of carbonyl (C=O) groups excluding carboxylic acids is 1. The molecule has 0 atom stereocenters. The van der Waals surface area contributed by atoms with Gasteiger partial charge in [-0.3, -0.25) is 4.79 Å². The van der Waals surface area contributed by atoms with Gasteiger partial charge in [-0.1, -0.05) is 17.7 Å². The Balaban J connectivity index is 1.65. The van der Waals surface area contributed by atoms with Crippen molar-refractivity contribution in [3.8, 4) is 5.75 Å². The second-order valence-electron chi connectivity index (χ2n) is 4.24. The van der Waals surface area contributed by atoms with Gasteiger partial charge in [0.2, 0.25) is 0 Å². The van der Waals surface area contributed by atoms with Crippen LogP contribution in [0, 0.1) is 6.92 Å². The minimum atomic E-state index is -0.132. The largest absolute Gasteiger partial charge is 0.484 e. The monoisotopic (exact) mass is 259 g/mol. The second-order valence-corrected chi connectivity index (χ2v) is 4.24. The lowest BCUT2D eigenvalue weighted by Crippen LogP contribution is -2.30. The summed E-state index contributed by atoms with van der Waals surface area (Å²) < 4.78 is 5.38. The molecule has 5 nitrogen and oxygen atoms in total. The molecule has 0 saturated heterocycles. The Bertz CT molecular complexity index is 506. The van der Waals surface area contributed by atoms with Gasteiger partial charge in [-0.05, 0) is 19.1 Å². The van der Waals surface area contributed by atoms with E-state index < -0.39 is 0 Å². The fourth-order valence-electron chi connectivity index (χ4n) is 1.59. The average molecular weight is 259 g/mol. The summed E-state index contributed by atoms with van der Waals surface area (Å²) in [7, 11) is 0. The molecule has 1 amide bonds. The summed E-state index contributed by atoms with van der Waals surface area (Å²) >= 11 is 0. The number of aromatic nitrogens is 2. The molecule has 1 heterocycles. The lowest BCUT2D eigenvalue weighted by molar-refractivity contribution is -0.123. The first-order chi connectivity index (χ1) is 9.24. The van der Waals surface area contributed by atoms with Crippen LogP contribution >= 0.6 is 0 Å². The van der Waals surface area contributed by atoms with E-state index >= 15 is 0 Å². The number of benzene rings is 1. The lowest BCUT2D eigenvalue weighted by atomic mass is 10.2. The minimum Gasteiger partial charge on any atom is -0.484 e. The van der Waals surface area contributed by atoms with Gasteiger partial charge in [-0.2, -0.15) is 0 Å². The number of rotatable bonds is 6. The zero-order valence-corrected chi connectivity index (χ0v) is 10.8. The van der Waals surface area contributed by atoms with E-state index in [4.69, 9.17) is 4.74 Å². The van der Waals surface area contributed by atoms with Gasteiger partial charge in [-0.25, -0.2) is 4.98 Å². The number of amides is 1. The van der Waals surface area contributed by atoms with Crippen LogP contribution in [0.15, 0.2) is 36.7 Å². The van der Waals surface area contributed by atoms with Crippen molar-refractivity contribution in [2.45, 2.75) is 13.3 Å². The van der Waals surface area contributed by atoms with E-state index in [2.05, 4.69) is 15.3 Å². The normalized spacial score (nSPS) is 10.2. The van der Waals surface area contributed by atoms with E-state index in [0.717, 1.165) is 11.4 Å². The van der Waals surface area contributed by atoms with Crippen LogP contribution in [0.2, 0.25) is 0 Å². The fourth-order valence-corrected chi connectivity index (χ4v) is 1.59. The van der Waals surface area contributed by atoms with Crippen LogP contribution in [-0.4, -0.2) is 29.0 Å². The Morgan fingerprint density at radius 2 is 2.16 bits per heavy atom. The molecule has 2 rings (SSSR count). The van der Waals surface area contributed by atoms with Crippen molar-refractivity contribution in [1.82, 2.24) is 15.3 Å². The standard InChI is InChI=1S/C14H17N3O2/c1-11-2-4-12(5-3-11)19-10-14(18)17-7-6-13-15-8-9-16-13/h2-5,8-9H,6-7,10H2,1H3,(H,15,16)(H,17,18). The summed E-state index contributed by atoms with van der Waals surface area (Å²) in [5.74, 6) is 1.43. The van der Waals surface area contributed by atoms with Crippen LogP contribution in [0.1, 0.15) is 11.4 Å². The minimum absolute atomic E-state index is 0.0290. The Morgan fingerprint density at radius 3 is 2.84 bits per heavy atom. The van der Waals surface area contributed by atoms with Gasteiger partial charge in [-0.15, -0.1) is 0 Å². The molecule has 1 aromatic heterocycles. The lowest BCUT2D eigenvalue weighted by Gasteiger charge is -2.07. The molecular weight excluding hydrogens is 242 g/mol. The highest BCUT2D eigenvalue weighted by Crippen LogP contribution is 2.10. The van der Waals surface area contributed by atoms with Crippen molar-refractivity contribution in [1.29, 1.82) is 0 Å². The molecule has 100 valence electrons. The predicted molar refractivity (Wildman–Crippen MR) is 72.0 cm³/mol. The number of imidazole rings is 1. The van der Waals surface area contributed by atoms with Crippen LogP contribution in [0.4, 0.5) is 0 Å². The number of nitrogens with zero attached hydrogens (tertiary/aromatic N) is 1. The summed E-state index contributed by atoms with van der Waals surface area (Å²) in [6, 6.07) is 7.60. The maximum absolute atomic E-state index is 11.5. The van der Waals surface area contributed by atoms with Gasteiger partial charge >= 0.3 is 0 Å². The number of hydrogen-bond acceptors (Lipinski definition) is 3. The Hall–Kier alpha value is -2.30. The van der Waals surface area contributed by atoms with Crippen molar-refractivity contribution < 1.29 is 9.53 Å². The molecular formula is C14H17N3O2. The molecule has 1 aromatic carbocycles. The first-order valence-corrected chi connectivity index (χ1v) is 6.18. The molecule has 0 fully saturated rings. The number of carbonyl (C=O) groups is 1. The summed E-state index contributed by atoms with van der Waals surface area (Å²) in [5.41, 5.74) is 1.16. The zero-order chi connectivity index (χ0) is 13.5. The van der Waals surface area contributed by atoms with Crippen LogP contribution in [-0.2, 0) is 11.2 Å². The Morgan fingerprint density at radius 1 is 1.37 bits per heavy atom. The molecule has 0 spiro atoms. The molecule has 0 aliphatic rings. The first-order valence-electron chi connectivity index (χ1n) is 6.18. The third-order valence-electron chi connectivity index (χ3n) is 2.63. The average Bonchev–Trinajstić information content (AvgIpc) is 2.91. The summed E-state index contributed by atoms with van der Waals surface area (Å²) in [5, 5.41) is 2.78. The maximum Gasteiger partial charge on any atom is 0.257 e. The van der Waals surface area contributed by atoms with Crippen molar-refractivity contribution >= 4 is 5.91 Å². The van der Waals surface area contributed by atoms with E-state index in [9.17, 15) is 4.79 Å². The van der Waals surface area contributed by atoms with Gasteiger partial charge in [0.25, 0.3) is 5.91 Å². The van der Waals surface area contributed by atoms with E-state index in [1.165, 1.54) is 0 Å². The number of hydrogen-bond donors (Lipinski definition) is 2. The topological polar surface area (TPSA) is 67.0 Å². The Labute approximate surface area is 112 Å². The van der Waals surface area contributed by atoms with Gasteiger partial charge in [0, 0.05) is 25.4 Å². The maximum atomic E-state index is 11.5. The van der Waals surface area contributed by atoms with Crippen molar-refractivity contribution in [2.24, 2.45) is 0 Å².